The van der Waals surface area contributed by atoms with Crippen LogP contribution in [-0.4, -0.2) is 17.3 Å². The first-order valence-electron chi connectivity index (χ1n) is 3.46. The van der Waals surface area contributed by atoms with E-state index in [9.17, 15) is 4.79 Å². The van der Waals surface area contributed by atoms with Crippen LogP contribution in [0.1, 0.15) is 17.4 Å². The fourth-order valence-corrected chi connectivity index (χ4v) is 1.06. The number of halogens is 1. The molecule has 0 radical (unpaired) electrons. The summed E-state index contributed by atoms with van der Waals surface area (Å²) in [6.07, 6.45) is 1.49. The van der Waals surface area contributed by atoms with Crippen molar-refractivity contribution in [1.82, 2.24) is 4.68 Å². The molecule has 1 heterocycles. The lowest BCUT2D eigenvalue weighted by Gasteiger charge is -2.02. The monoisotopic (exact) mass is 188 g/mol. The van der Waals surface area contributed by atoms with Crippen LogP contribution in [0.5, 0.6) is 0 Å². The summed E-state index contributed by atoms with van der Waals surface area (Å²) >= 11 is 5.67. The average molecular weight is 189 g/mol. The first kappa shape index (κ1) is 8.93. The van der Waals surface area contributed by atoms with Crippen molar-refractivity contribution in [3.63, 3.8) is 0 Å². The number of carbonyl (C=O) groups is 1. The molecule has 0 fully saturated rings. The Kier molecular flexibility index (Phi) is 2.60. The Bertz CT molecular complexity index is 276. The molecule has 0 aromatic carbocycles. The Balaban J connectivity index is 2.93. The summed E-state index contributed by atoms with van der Waals surface area (Å²) in [5, 5.41) is 0.302. The normalized spacial score (nSPS) is 9.83. The van der Waals surface area contributed by atoms with Crippen molar-refractivity contribution in [1.29, 1.82) is 0 Å². The van der Waals surface area contributed by atoms with Crippen molar-refractivity contribution in [3.8, 4) is 0 Å². The second-order valence-corrected chi connectivity index (χ2v) is 2.55. The Hall–Kier alpha value is -1.16. The zero-order valence-electron chi connectivity index (χ0n) is 6.58. The molecule has 0 saturated heterocycles. The number of hydrogen-bond acceptors (Lipinski definition) is 3. The molecule has 0 saturated carbocycles. The second kappa shape index (κ2) is 3.49. The van der Waals surface area contributed by atoms with Crippen LogP contribution in [0.15, 0.2) is 12.3 Å². The van der Waals surface area contributed by atoms with Gasteiger partial charge in [-0.15, -0.1) is 0 Å². The van der Waals surface area contributed by atoms with Gasteiger partial charge in [-0.05, 0) is 13.0 Å². The molecule has 0 bridgehead atoms. The summed E-state index contributed by atoms with van der Waals surface area (Å²) in [6, 6.07) is 1.54. The Morgan fingerprint density at radius 1 is 1.83 bits per heavy atom. The minimum absolute atomic E-state index is 0.179. The molecule has 0 aliphatic carbocycles. The number of esters is 1. The van der Waals surface area contributed by atoms with E-state index in [2.05, 4.69) is 0 Å². The number of hydrogen-bond donors (Lipinski definition) is 1. The quantitative estimate of drug-likeness (QED) is 0.557. The third kappa shape index (κ3) is 1.53. The van der Waals surface area contributed by atoms with Gasteiger partial charge in [0, 0.05) is 6.20 Å². The summed E-state index contributed by atoms with van der Waals surface area (Å²) in [4.78, 5) is 11.1. The molecule has 0 atom stereocenters. The van der Waals surface area contributed by atoms with E-state index < -0.39 is 5.97 Å². The Labute approximate surface area is 74.8 Å². The molecular weight excluding hydrogens is 180 g/mol. The molecule has 1 aromatic heterocycles. The van der Waals surface area contributed by atoms with Crippen LogP contribution in [0.2, 0.25) is 5.02 Å². The zero-order valence-corrected chi connectivity index (χ0v) is 7.34. The minimum Gasteiger partial charge on any atom is -0.461 e. The molecule has 4 nitrogen and oxygen atoms in total. The number of rotatable bonds is 2. The molecule has 66 valence electrons. The molecule has 1 aromatic rings. The van der Waals surface area contributed by atoms with Crippen LogP contribution in [0.3, 0.4) is 0 Å². The second-order valence-electron chi connectivity index (χ2n) is 2.14. The van der Waals surface area contributed by atoms with Crippen LogP contribution >= 0.6 is 11.6 Å². The number of carbonyl (C=O) groups excluding carboxylic acids is 1. The lowest BCUT2D eigenvalue weighted by atomic mass is 10.4. The first-order valence-corrected chi connectivity index (χ1v) is 3.83. The molecule has 0 aliphatic rings. The van der Waals surface area contributed by atoms with Crippen molar-refractivity contribution < 1.29 is 9.53 Å². The summed E-state index contributed by atoms with van der Waals surface area (Å²) in [7, 11) is 0. The SMILES string of the molecule is CCOC(=O)c1c(Cl)ccn1N. The molecule has 2 N–H and O–H groups in total. The van der Waals surface area contributed by atoms with Gasteiger partial charge in [-0.3, -0.25) is 4.68 Å². The topological polar surface area (TPSA) is 57.2 Å². The van der Waals surface area contributed by atoms with Crippen molar-refractivity contribution >= 4 is 17.6 Å². The average Bonchev–Trinajstić information content (AvgIpc) is 2.32. The van der Waals surface area contributed by atoms with Gasteiger partial charge in [0.05, 0.1) is 11.6 Å². The summed E-state index contributed by atoms with van der Waals surface area (Å²) < 4.78 is 5.86. The zero-order chi connectivity index (χ0) is 9.14. The van der Waals surface area contributed by atoms with Crippen molar-refractivity contribution in [2.75, 3.05) is 12.4 Å². The van der Waals surface area contributed by atoms with E-state index in [0.717, 1.165) is 4.68 Å². The van der Waals surface area contributed by atoms with Gasteiger partial charge in [0.15, 0.2) is 5.69 Å². The van der Waals surface area contributed by atoms with Gasteiger partial charge in [0.1, 0.15) is 0 Å². The first-order chi connectivity index (χ1) is 5.66. The molecule has 12 heavy (non-hydrogen) atoms. The molecule has 0 aliphatic heterocycles. The summed E-state index contributed by atoms with van der Waals surface area (Å²) in [5.41, 5.74) is 0.179. The molecule has 5 heteroatoms. The third-order valence-corrected chi connectivity index (χ3v) is 1.64. The predicted octanol–water partition coefficient (Wildman–Crippen LogP) is 1.03. The van der Waals surface area contributed by atoms with Crippen LogP contribution in [-0.2, 0) is 4.74 Å². The van der Waals surface area contributed by atoms with E-state index in [1.165, 1.54) is 12.3 Å². The fraction of sp³-hybridized carbons (Fsp3) is 0.286. The van der Waals surface area contributed by atoms with Crippen LogP contribution in [0.4, 0.5) is 0 Å². The fourth-order valence-electron chi connectivity index (χ4n) is 0.825. The maximum Gasteiger partial charge on any atom is 0.358 e. The molecule has 0 spiro atoms. The number of aromatic nitrogens is 1. The third-order valence-electron chi connectivity index (χ3n) is 1.33. The van der Waals surface area contributed by atoms with E-state index in [1.54, 1.807) is 6.92 Å². The van der Waals surface area contributed by atoms with Crippen LogP contribution < -0.4 is 5.84 Å². The number of ether oxygens (including phenoxy) is 1. The van der Waals surface area contributed by atoms with Gasteiger partial charge in [-0.2, -0.15) is 0 Å². The molecule has 0 unspecified atom stereocenters. The minimum atomic E-state index is -0.505. The Morgan fingerprint density at radius 2 is 2.50 bits per heavy atom. The Morgan fingerprint density at radius 3 is 2.92 bits per heavy atom. The highest BCUT2D eigenvalue weighted by Crippen LogP contribution is 2.15. The smallest absolute Gasteiger partial charge is 0.358 e. The van der Waals surface area contributed by atoms with Crippen molar-refractivity contribution in [3.05, 3.63) is 23.0 Å². The van der Waals surface area contributed by atoms with Gasteiger partial charge >= 0.3 is 5.97 Å². The molecule has 1 rings (SSSR count). The van der Waals surface area contributed by atoms with E-state index in [0.29, 0.717) is 11.6 Å². The van der Waals surface area contributed by atoms with E-state index in [1.807, 2.05) is 0 Å². The predicted molar refractivity (Wildman–Crippen MR) is 45.5 cm³/mol. The highest BCUT2D eigenvalue weighted by Gasteiger charge is 2.15. The molecular formula is C7H9ClN2O2. The van der Waals surface area contributed by atoms with Crippen LogP contribution in [0, 0.1) is 0 Å². The number of nitrogen functional groups attached to an aromatic ring is 1. The van der Waals surface area contributed by atoms with Crippen molar-refractivity contribution in [2.45, 2.75) is 6.92 Å². The van der Waals surface area contributed by atoms with E-state index >= 15 is 0 Å². The maximum absolute atomic E-state index is 11.1. The van der Waals surface area contributed by atoms with Crippen molar-refractivity contribution in [2.24, 2.45) is 0 Å². The van der Waals surface area contributed by atoms with E-state index in [-0.39, 0.29) is 5.69 Å². The van der Waals surface area contributed by atoms with E-state index in [4.69, 9.17) is 22.2 Å². The van der Waals surface area contributed by atoms with Gasteiger partial charge in [-0.1, -0.05) is 11.6 Å². The standard InChI is InChI=1S/C7H9ClN2O2/c1-2-12-7(11)6-5(8)3-4-10(6)9/h3-4H,2,9H2,1H3. The highest BCUT2D eigenvalue weighted by molar-refractivity contribution is 6.33. The van der Waals surface area contributed by atoms with Crippen LogP contribution in [0.25, 0.3) is 0 Å². The van der Waals surface area contributed by atoms with Gasteiger partial charge in [-0.25, -0.2) is 4.79 Å². The lowest BCUT2D eigenvalue weighted by Crippen LogP contribution is -2.17. The van der Waals surface area contributed by atoms with Gasteiger partial charge < -0.3 is 10.6 Å². The highest BCUT2D eigenvalue weighted by atomic mass is 35.5. The lowest BCUT2D eigenvalue weighted by molar-refractivity contribution is 0.0516. The number of nitrogens with two attached hydrogens (primary N) is 1. The largest absolute Gasteiger partial charge is 0.461 e. The van der Waals surface area contributed by atoms with Gasteiger partial charge in [0.25, 0.3) is 0 Å². The summed E-state index contributed by atoms with van der Waals surface area (Å²) in [5.74, 6) is 4.90. The number of nitrogens with zero attached hydrogens (tertiary/aromatic N) is 1. The summed E-state index contributed by atoms with van der Waals surface area (Å²) in [6.45, 7) is 2.02. The van der Waals surface area contributed by atoms with Gasteiger partial charge in [0.2, 0.25) is 0 Å². The maximum atomic E-state index is 11.1. The molecule has 0 amide bonds.